The number of nitrogens with two attached hydrogens (primary N) is 1. The number of hydrogen-bond donors (Lipinski definition) is 8. The number of hydrogen-bond acceptors (Lipinski definition) is 9. The fourth-order valence-corrected chi connectivity index (χ4v) is 4.39. The molecular weight excluding hydrogens is 523 g/mol. The van der Waals surface area contributed by atoms with E-state index in [-0.39, 0.29) is 34.4 Å². The summed E-state index contributed by atoms with van der Waals surface area (Å²) >= 11 is -2.25. The summed E-state index contributed by atoms with van der Waals surface area (Å²) in [5, 5.41) is 24.5. The second kappa shape index (κ2) is 14.5. The van der Waals surface area contributed by atoms with E-state index in [2.05, 4.69) is 16.0 Å². The van der Waals surface area contributed by atoms with Crippen LogP contribution in [-0.4, -0.2) is 93.5 Å². The third kappa shape index (κ3) is 11.2. The molecule has 0 spiro atoms. The van der Waals surface area contributed by atoms with Crippen molar-refractivity contribution in [3.8, 4) is 0 Å². The molecule has 15 heteroatoms. The molecule has 1 aromatic carbocycles. The second-order valence-electron chi connectivity index (χ2n) is 6.58. The number of nitrogens with one attached hydrogen (secondary N) is 3. The van der Waals surface area contributed by atoms with Gasteiger partial charge in [-0.2, -0.15) is 0 Å². The van der Waals surface area contributed by atoms with Gasteiger partial charge >= 0.3 is 167 Å². The van der Waals surface area contributed by atoms with Gasteiger partial charge in [0.05, 0.1) is 0 Å². The predicted molar refractivity (Wildman–Crippen MR) is 120 cm³/mol. The molecular formula is C18H25AsN4O9S. The normalized spacial score (nSPS) is 12.5. The Labute approximate surface area is 198 Å². The maximum absolute atomic E-state index is 12.2. The Balaban J connectivity index is 2.66. The van der Waals surface area contributed by atoms with Crippen LogP contribution in [0.1, 0.15) is 12.8 Å². The monoisotopic (exact) mass is 548 g/mol. The standard InChI is InChI=1S/C18H25AsN4O9S/c20-11(18(29)30)5-6-14(24)23-13(17(28)21-7-16(26)27)8-33-9-15(25)22-12-4-2-1-3-10(12)19(31)32/h1-4,11,13,31-32H,5-9,20H2,(H,21,28)(H,22,25)(H,23,24)(H,26,27)(H,29,30)/t11-,13-/m0/s1. The molecule has 3 amide bonds. The van der Waals surface area contributed by atoms with Crippen LogP contribution >= 0.6 is 11.8 Å². The van der Waals surface area contributed by atoms with Crippen molar-refractivity contribution in [3.63, 3.8) is 0 Å². The Bertz CT molecular complexity index is 871. The van der Waals surface area contributed by atoms with Gasteiger partial charge in [-0.15, -0.1) is 0 Å². The average Bonchev–Trinajstić information content (AvgIpc) is 2.75. The molecule has 1 rings (SSSR count). The predicted octanol–water partition coefficient (Wildman–Crippen LogP) is -3.08. The van der Waals surface area contributed by atoms with Gasteiger partial charge in [0.2, 0.25) is 0 Å². The van der Waals surface area contributed by atoms with E-state index < -0.39 is 63.6 Å². The van der Waals surface area contributed by atoms with Gasteiger partial charge in [-0.05, 0) is 0 Å². The van der Waals surface area contributed by atoms with Crippen molar-refractivity contribution >= 4 is 66.8 Å². The van der Waals surface area contributed by atoms with E-state index in [1.807, 2.05) is 0 Å². The Morgan fingerprint density at radius 1 is 1.06 bits per heavy atom. The van der Waals surface area contributed by atoms with Crippen LogP contribution in [0.5, 0.6) is 0 Å². The molecule has 0 fully saturated rings. The minimum Gasteiger partial charge on any atom is -0.480 e. The summed E-state index contributed by atoms with van der Waals surface area (Å²) in [5.74, 6) is -4.76. The third-order valence-corrected chi connectivity index (χ3v) is 6.73. The van der Waals surface area contributed by atoms with Crippen molar-refractivity contribution in [2.24, 2.45) is 5.73 Å². The Morgan fingerprint density at radius 3 is 2.33 bits per heavy atom. The molecule has 0 aliphatic carbocycles. The molecule has 0 bridgehead atoms. The van der Waals surface area contributed by atoms with Gasteiger partial charge in [-0.1, -0.05) is 0 Å². The molecule has 1 aromatic rings. The molecule has 0 heterocycles. The van der Waals surface area contributed by atoms with Crippen LogP contribution in [0.3, 0.4) is 0 Å². The van der Waals surface area contributed by atoms with E-state index in [1.54, 1.807) is 12.1 Å². The minimum absolute atomic E-state index is 0.0882. The van der Waals surface area contributed by atoms with Gasteiger partial charge in [0.1, 0.15) is 6.04 Å². The van der Waals surface area contributed by atoms with Crippen molar-refractivity contribution in [1.29, 1.82) is 0 Å². The van der Waals surface area contributed by atoms with E-state index in [1.165, 1.54) is 12.1 Å². The van der Waals surface area contributed by atoms with Crippen molar-refractivity contribution in [2.45, 2.75) is 24.9 Å². The van der Waals surface area contributed by atoms with Crippen LogP contribution in [-0.2, 0) is 24.0 Å². The summed E-state index contributed by atoms with van der Waals surface area (Å²) in [6.45, 7) is -0.676. The summed E-state index contributed by atoms with van der Waals surface area (Å²) < 4.78 is 19.2. The number of para-hydroxylation sites is 1. The first kappa shape index (κ1) is 28.4. The Kier molecular flexibility index (Phi) is 12.5. The molecule has 182 valence electrons. The summed E-state index contributed by atoms with van der Waals surface area (Å²) in [6.07, 6.45) is -0.439. The van der Waals surface area contributed by atoms with Crippen LogP contribution < -0.4 is 26.0 Å². The van der Waals surface area contributed by atoms with Gasteiger partial charge in [0.15, 0.2) is 0 Å². The molecule has 33 heavy (non-hydrogen) atoms. The molecule has 0 aromatic heterocycles. The number of carbonyl (C=O) groups is 5. The molecule has 0 aliphatic heterocycles. The molecule has 0 saturated carbocycles. The average molecular weight is 548 g/mol. The second-order valence-corrected chi connectivity index (χ2v) is 9.84. The molecule has 0 unspecified atom stereocenters. The molecule has 13 nitrogen and oxygen atoms in total. The number of rotatable bonds is 14. The summed E-state index contributed by atoms with van der Waals surface area (Å²) in [7, 11) is 0. The fraction of sp³-hybridized carbons (Fsp3) is 0.389. The van der Waals surface area contributed by atoms with E-state index >= 15 is 0 Å². The van der Waals surface area contributed by atoms with Gasteiger partial charge in [-0.25, -0.2) is 0 Å². The van der Waals surface area contributed by atoms with E-state index in [4.69, 9.17) is 15.9 Å². The SMILES string of the molecule is N[C@@H](CCC(=O)N[C@@H](CSCC(=O)Nc1ccccc1[As](O)O)C(=O)NCC(=O)O)C(=O)O. The van der Waals surface area contributed by atoms with E-state index in [0.29, 0.717) is 0 Å². The number of carboxylic acid groups (broad SMARTS) is 2. The van der Waals surface area contributed by atoms with Gasteiger partial charge in [0.25, 0.3) is 0 Å². The van der Waals surface area contributed by atoms with Gasteiger partial charge < -0.3 is 15.9 Å². The number of amides is 3. The number of carboxylic acids is 2. The number of benzene rings is 1. The Morgan fingerprint density at radius 2 is 1.73 bits per heavy atom. The minimum atomic E-state index is -3.22. The number of carbonyl (C=O) groups excluding carboxylic acids is 3. The number of anilines is 1. The third-order valence-electron chi connectivity index (χ3n) is 3.98. The van der Waals surface area contributed by atoms with Crippen molar-refractivity contribution in [2.75, 3.05) is 23.4 Å². The summed E-state index contributed by atoms with van der Waals surface area (Å²) in [6, 6.07) is 3.76. The first-order chi connectivity index (χ1) is 15.5. The first-order valence-electron chi connectivity index (χ1n) is 9.43. The topological polar surface area (TPSA) is 228 Å². The maximum atomic E-state index is 12.2. The van der Waals surface area contributed by atoms with Crippen LogP contribution in [0.25, 0.3) is 0 Å². The van der Waals surface area contributed by atoms with Gasteiger partial charge in [0, 0.05) is 0 Å². The van der Waals surface area contributed by atoms with Crippen LogP contribution in [0.2, 0.25) is 0 Å². The Hall–Kier alpha value is -2.64. The molecule has 9 N–H and O–H groups in total. The zero-order chi connectivity index (χ0) is 25.0. The quantitative estimate of drug-likeness (QED) is 0.109. The molecule has 2 atom stereocenters. The number of aliphatic carboxylic acids is 2. The molecule has 0 saturated heterocycles. The van der Waals surface area contributed by atoms with Crippen LogP contribution in [0, 0.1) is 0 Å². The van der Waals surface area contributed by atoms with E-state index in [0.717, 1.165) is 11.8 Å². The first-order valence-corrected chi connectivity index (χ1v) is 13.2. The van der Waals surface area contributed by atoms with Crippen molar-refractivity contribution in [3.05, 3.63) is 24.3 Å². The zero-order valence-electron chi connectivity index (χ0n) is 17.3. The molecule has 0 aliphatic rings. The fourth-order valence-electron chi connectivity index (χ4n) is 2.35. The molecule has 0 radical (unpaired) electrons. The zero-order valence-corrected chi connectivity index (χ0v) is 20.0. The number of thioether (sulfide) groups is 1. The van der Waals surface area contributed by atoms with Gasteiger partial charge in [-0.3, -0.25) is 9.59 Å². The van der Waals surface area contributed by atoms with Crippen LogP contribution in [0.15, 0.2) is 24.3 Å². The van der Waals surface area contributed by atoms with E-state index in [9.17, 15) is 32.2 Å². The summed E-state index contributed by atoms with van der Waals surface area (Å²) in [5.41, 5.74) is 5.60. The summed E-state index contributed by atoms with van der Waals surface area (Å²) in [4.78, 5) is 57.9. The van der Waals surface area contributed by atoms with Crippen molar-refractivity contribution < 1.29 is 42.4 Å². The van der Waals surface area contributed by atoms with Crippen LogP contribution in [0.4, 0.5) is 5.69 Å². The van der Waals surface area contributed by atoms with Crippen molar-refractivity contribution in [1.82, 2.24) is 10.6 Å². The smallest absolute Gasteiger partial charge is 0.480 e.